The van der Waals surface area contributed by atoms with E-state index in [1.807, 2.05) is 42.5 Å². The lowest BCUT2D eigenvalue weighted by atomic mass is 9.69. The molecule has 1 aliphatic heterocycles. The summed E-state index contributed by atoms with van der Waals surface area (Å²) < 4.78 is 25.9. The lowest BCUT2D eigenvalue weighted by Gasteiger charge is -2.39. The number of hydrogen-bond acceptors (Lipinski definition) is 3. The molecule has 2 aromatic rings. The number of halogens is 1. The van der Waals surface area contributed by atoms with Crippen LogP contribution in [0.15, 0.2) is 66.7 Å². The van der Waals surface area contributed by atoms with Crippen LogP contribution in [-0.4, -0.2) is 30.4 Å². The Morgan fingerprint density at radius 1 is 1.16 bits per heavy atom. The molecule has 1 N–H and O–H groups in total. The highest BCUT2D eigenvalue weighted by atomic mass is 19.1. The standard InChI is InChI=1S/C26H29FO4/c27-20-14-12-19(13-15-20)26-16-24(31-18-26)22(17-30-21-8-4-3-5-9-21)23(26)10-6-1-2-7-11-25(28)29/h1,3-6,8-9,12-15,22-24H,2,7,10-11,16-18H2,(H,28,29)/t22-,23-,24-,26-/m1/s1. The summed E-state index contributed by atoms with van der Waals surface area (Å²) in [5.41, 5.74) is 0.983. The van der Waals surface area contributed by atoms with Gasteiger partial charge in [-0.3, -0.25) is 4.79 Å². The number of carboxylic acids is 1. The number of aliphatic carboxylic acids is 1. The van der Waals surface area contributed by atoms with Crippen LogP contribution >= 0.6 is 0 Å². The summed E-state index contributed by atoms with van der Waals surface area (Å²) in [4.78, 5) is 10.7. The molecule has 0 aromatic heterocycles. The van der Waals surface area contributed by atoms with Gasteiger partial charge in [0.25, 0.3) is 0 Å². The molecule has 0 radical (unpaired) electrons. The molecule has 1 saturated heterocycles. The Morgan fingerprint density at radius 3 is 2.68 bits per heavy atom. The highest BCUT2D eigenvalue weighted by Gasteiger charge is 2.59. The second-order valence-electron chi connectivity index (χ2n) is 8.60. The van der Waals surface area contributed by atoms with Crippen molar-refractivity contribution in [3.8, 4) is 5.75 Å². The van der Waals surface area contributed by atoms with Gasteiger partial charge in [0.05, 0.1) is 19.3 Å². The summed E-state index contributed by atoms with van der Waals surface area (Å²) in [7, 11) is 0. The molecular weight excluding hydrogens is 395 g/mol. The predicted molar refractivity (Wildman–Crippen MR) is 117 cm³/mol. The van der Waals surface area contributed by atoms with Crippen molar-refractivity contribution in [2.24, 2.45) is 11.8 Å². The SMILES string of the molecule is O=C(O)CCCC=CC[C@@H]1[C@@H](COc2ccccc2)[C@H]2C[C@]1(c1ccc(F)cc1)CO2. The molecule has 164 valence electrons. The normalized spacial score (nSPS) is 27.1. The number of unbranched alkanes of at least 4 members (excludes halogenated alkanes) is 1. The molecule has 2 bridgehead atoms. The van der Waals surface area contributed by atoms with Crippen molar-refractivity contribution in [3.63, 3.8) is 0 Å². The molecule has 4 nitrogen and oxygen atoms in total. The van der Waals surface area contributed by atoms with Crippen molar-refractivity contribution in [2.45, 2.75) is 43.6 Å². The maximum absolute atomic E-state index is 13.6. The molecule has 1 aliphatic carbocycles. The van der Waals surface area contributed by atoms with Crippen LogP contribution in [0.3, 0.4) is 0 Å². The number of allylic oxidation sites excluding steroid dienone is 2. The summed E-state index contributed by atoms with van der Waals surface area (Å²) in [5.74, 6) is 0.419. The Morgan fingerprint density at radius 2 is 1.94 bits per heavy atom. The third-order valence-electron chi connectivity index (χ3n) is 6.75. The highest BCUT2D eigenvalue weighted by Crippen LogP contribution is 2.56. The molecule has 0 unspecified atom stereocenters. The van der Waals surface area contributed by atoms with Gasteiger partial charge in [-0.15, -0.1) is 0 Å². The molecule has 2 fully saturated rings. The molecule has 0 amide bonds. The number of carboxylic acid groups (broad SMARTS) is 1. The fraction of sp³-hybridized carbons (Fsp3) is 0.423. The van der Waals surface area contributed by atoms with Crippen LogP contribution in [0.5, 0.6) is 5.75 Å². The first kappa shape index (κ1) is 21.6. The van der Waals surface area contributed by atoms with Gasteiger partial charge in [0, 0.05) is 17.8 Å². The quantitative estimate of drug-likeness (QED) is 0.411. The maximum atomic E-state index is 13.6. The number of benzene rings is 2. The number of hydrogen-bond donors (Lipinski definition) is 1. The lowest BCUT2D eigenvalue weighted by molar-refractivity contribution is -0.137. The monoisotopic (exact) mass is 424 g/mol. The summed E-state index contributed by atoms with van der Waals surface area (Å²) in [6.07, 6.45) is 7.76. The van der Waals surface area contributed by atoms with Crippen molar-refractivity contribution in [1.82, 2.24) is 0 Å². The minimum Gasteiger partial charge on any atom is -0.493 e. The van der Waals surface area contributed by atoms with E-state index in [2.05, 4.69) is 12.2 Å². The first-order valence-electron chi connectivity index (χ1n) is 11.0. The smallest absolute Gasteiger partial charge is 0.303 e. The van der Waals surface area contributed by atoms with Crippen LogP contribution in [0, 0.1) is 17.7 Å². The Hall–Kier alpha value is -2.66. The largest absolute Gasteiger partial charge is 0.493 e. The van der Waals surface area contributed by atoms with E-state index in [-0.39, 0.29) is 29.7 Å². The van der Waals surface area contributed by atoms with Gasteiger partial charge < -0.3 is 14.6 Å². The first-order chi connectivity index (χ1) is 15.1. The van der Waals surface area contributed by atoms with Gasteiger partial charge in [-0.2, -0.15) is 0 Å². The predicted octanol–water partition coefficient (Wildman–Crippen LogP) is 5.38. The van der Waals surface area contributed by atoms with E-state index in [9.17, 15) is 9.18 Å². The Balaban J connectivity index is 1.50. The van der Waals surface area contributed by atoms with E-state index in [4.69, 9.17) is 14.6 Å². The molecule has 31 heavy (non-hydrogen) atoms. The molecule has 4 atom stereocenters. The van der Waals surface area contributed by atoms with E-state index >= 15 is 0 Å². The molecule has 4 rings (SSSR count). The number of rotatable bonds is 10. The van der Waals surface area contributed by atoms with E-state index < -0.39 is 5.97 Å². The minimum absolute atomic E-state index is 0.124. The lowest BCUT2D eigenvalue weighted by Crippen LogP contribution is -2.41. The van der Waals surface area contributed by atoms with Crippen LogP contribution in [0.25, 0.3) is 0 Å². The maximum Gasteiger partial charge on any atom is 0.303 e. The van der Waals surface area contributed by atoms with Gasteiger partial charge in [-0.25, -0.2) is 4.39 Å². The highest BCUT2D eigenvalue weighted by molar-refractivity contribution is 5.66. The molecular formula is C26H29FO4. The number of para-hydroxylation sites is 1. The van der Waals surface area contributed by atoms with E-state index in [0.29, 0.717) is 25.6 Å². The molecule has 1 heterocycles. The average molecular weight is 425 g/mol. The van der Waals surface area contributed by atoms with Gasteiger partial charge in [-0.1, -0.05) is 42.5 Å². The van der Waals surface area contributed by atoms with Crippen molar-refractivity contribution >= 4 is 5.97 Å². The zero-order valence-electron chi connectivity index (χ0n) is 17.6. The number of fused-ring (bicyclic) bond motifs is 2. The number of ether oxygens (including phenoxy) is 2. The van der Waals surface area contributed by atoms with Gasteiger partial charge in [-0.05, 0) is 61.4 Å². The zero-order valence-corrected chi connectivity index (χ0v) is 17.6. The second kappa shape index (κ2) is 9.65. The fourth-order valence-corrected chi connectivity index (χ4v) is 5.20. The van der Waals surface area contributed by atoms with Crippen LogP contribution < -0.4 is 4.74 Å². The van der Waals surface area contributed by atoms with Gasteiger partial charge in [0.1, 0.15) is 11.6 Å². The molecule has 5 heteroatoms. The molecule has 1 saturated carbocycles. The van der Waals surface area contributed by atoms with Crippen LogP contribution in [0.4, 0.5) is 4.39 Å². The van der Waals surface area contributed by atoms with Crippen molar-refractivity contribution in [3.05, 3.63) is 78.1 Å². The first-order valence-corrected chi connectivity index (χ1v) is 11.0. The van der Waals surface area contributed by atoms with Crippen molar-refractivity contribution in [1.29, 1.82) is 0 Å². The van der Waals surface area contributed by atoms with Crippen LogP contribution in [0.2, 0.25) is 0 Å². The molecule has 0 spiro atoms. The van der Waals surface area contributed by atoms with E-state index in [0.717, 1.165) is 30.6 Å². The summed E-state index contributed by atoms with van der Waals surface area (Å²) in [6, 6.07) is 16.7. The van der Waals surface area contributed by atoms with Crippen molar-refractivity contribution < 1.29 is 23.8 Å². The van der Waals surface area contributed by atoms with E-state index in [1.165, 1.54) is 12.1 Å². The summed E-state index contributed by atoms with van der Waals surface area (Å²) >= 11 is 0. The molecule has 2 aromatic carbocycles. The van der Waals surface area contributed by atoms with Crippen molar-refractivity contribution in [2.75, 3.05) is 13.2 Å². The summed E-state index contributed by atoms with van der Waals surface area (Å²) in [5, 5.41) is 8.80. The number of carbonyl (C=O) groups is 1. The topological polar surface area (TPSA) is 55.8 Å². The molecule has 2 aliphatic rings. The minimum atomic E-state index is -0.757. The third-order valence-corrected chi connectivity index (χ3v) is 6.75. The van der Waals surface area contributed by atoms with Gasteiger partial charge in [0.15, 0.2) is 0 Å². The average Bonchev–Trinajstić information content (AvgIpc) is 3.33. The van der Waals surface area contributed by atoms with Crippen LogP contribution in [-0.2, 0) is 14.9 Å². The zero-order chi connectivity index (χ0) is 21.7. The Kier molecular flexibility index (Phi) is 6.71. The van der Waals surface area contributed by atoms with E-state index in [1.54, 1.807) is 0 Å². The van der Waals surface area contributed by atoms with Crippen LogP contribution in [0.1, 0.15) is 37.7 Å². The summed E-state index contributed by atoms with van der Waals surface area (Å²) in [6.45, 7) is 1.22. The second-order valence-corrected chi connectivity index (χ2v) is 8.60. The van der Waals surface area contributed by atoms with Gasteiger partial charge >= 0.3 is 5.97 Å². The third kappa shape index (κ3) is 4.82. The Bertz CT molecular complexity index is 895. The Labute approximate surface area is 182 Å². The van der Waals surface area contributed by atoms with Gasteiger partial charge in [0.2, 0.25) is 0 Å². The fourth-order valence-electron chi connectivity index (χ4n) is 5.20.